The fourth-order valence-corrected chi connectivity index (χ4v) is 1.44. The number of ether oxygens (including phenoxy) is 1. The summed E-state index contributed by atoms with van der Waals surface area (Å²) in [7, 11) is 1.67. The van der Waals surface area contributed by atoms with E-state index >= 15 is 0 Å². The maximum Gasteiger partial charge on any atom is 0.138 e. The van der Waals surface area contributed by atoms with Crippen molar-refractivity contribution >= 4 is 11.0 Å². The summed E-state index contributed by atoms with van der Waals surface area (Å²) in [6.45, 7) is 2.07. The molecule has 68 valence electrons. The van der Waals surface area contributed by atoms with Crippen LogP contribution in [-0.4, -0.2) is 7.11 Å². The second-order valence-corrected chi connectivity index (χ2v) is 2.94. The lowest BCUT2D eigenvalue weighted by Gasteiger charge is -1.98. The summed E-state index contributed by atoms with van der Waals surface area (Å²) in [5.74, 6) is 1.88. The molecule has 0 spiro atoms. The Morgan fingerprint density at radius 1 is 1.38 bits per heavy atom. The minimum absolute atomic E-state index is 0.876. The third-order valence-corrected chi connectivity index (χ3v) is 2.14. The summed E-state index contributed by atoms with van der Waals surface area (Å²) in [5, 5.41) is 1.06. The van der Waals surface area contributed by atoms with Crippen LogP contribution in [0.1, 0.15) is 12.7 Å². The molecule has 2 heteroatoms. The highest BCUT2D eigenvalue weighted by Gasteiger charge is 2.05. The molecule has 0 aliphatic heterocycles. The molecular weight excluding hydrogens is 164 g/mol. The summed E-state index contributed by atoms with van der Waals surface area (Å²) in [5.41, 5.74) is 0.899. The van der Waals surface area contributed by atoms with Crippen LogP contribution < -0.4 is 4.74 Å². The molecule has 0 radical (unpaired) electrons. The van der Waals surface area contributed by atoms with Crippen molar-refractivity contribution in [3.8, 4) is 5.75 Å². The van der Waals surface area contributed by atoms with Gasteiger partial charge >= 0.3 is 0 Å². The van der Waals surface area contributed by atoms with Crippen molar-refractivity contribution in [3.63, 3.8) is 0 Å². The van der Waals surface area contributed by atoms with E-state index in [0.717, 1.165) is 28.9 Å². The molecule has 0 bridgehead atoms. The average Bonchev–Trinajstić information content (AvgIpc) is 2.59. The first-order valence-electron chi connectivity index (χ1n) is 4.40. The smallest absolute Gasteiger partial charge is 0.138 e. The van der Waals surface area contributed by atoms with Crippen LogP contribution in [0.25, 0.3) is 11.0 Å². The Balaban J connectivity index is 2.67. The van der Waals surface area contributed by atoms with Crippen LogP contribution in [0.4, 0.5) is 0 Å². The zero-order valence-electron chi connectivity index (χ0n) is 7.83. The molecule has 0 N–H and O–H groups in total. The highest BCUT2D eigenvalue weighted by Crippen LogP contribution is 2.28. The Labute approximate surface area is 77.1 Å². The van der Waals surface area contributed by atoms with E-state index in [9.17, 15) is 0 Å². The molecule has 0 fully saturated rings. The van der Waals surface area contributed by atoms with Crippen LogP contribution in [0.5, 0.6) is 5.75 Å². The first-order chi connectivity index (χ1) is 6.35. The van der Waals surface area contributed by atoms with E-state index in [1.807, 2.05) is 24.3 Å². The molecule has 1 aromatic heterocycles. The van der Waals surface area contributed by atoms with E-state index in [2.05, 4.69) is 6.92 Å². The Hall–Kier alpha value is -1.44. The minimum Gasteiger partial charge on any atom is -0.496 e. The van der Waals surface area contributed by atoms with Crippen molar-refractivity contribution in [1.82, 2.24) is 0 Å². The number of aryl methyl sites for hydroxylation is 1. The van der Waals surface area contributed by atoms with E-state index in [1.165, 1.54) is 0 Å². The predicted molar refractivity (Wildman–Crippen MR) is 52.1 cm³/mol. The van der Waals surface area contributed by atoms with Crippen LogP contribution >= 0.6 is 0 Å². The number of furan rings is 1. The van der Waals surface area contributed by atoms with Crippen LogP contribution in [0.15, 0.2) is 28.7 Å². The molecule has 13 heavy (non-hydrogen) atoms. The highest BCUT2D eigenvalue weighted by atomic mass is 16.5. The summed E-state index contributed by atoms with van der Waals surface area (Å²) in [6, 6.07) is 7.87. The van der Waals surface area contributed by atoms with Gasteiger partial charge < -0.3 is 9.15 Å². The summed E-state index contributed by atoms with van der Waals surface area (Å²) in [4.78, 5) is 0. The van der Waals surface area contributed by atoms with Crippen LogP contribution in [0.2, 0.25) is 0 Å². The zero-order valence-corrected chi connectivity index (χ0v) is 7.83. The van der Waals surface area contributed by atoms with E-state index in [-0.39, 0.29) is 0 Å². The molecule has 2 nitrogen and oxygen atoms in total. The van der Waals surface area contributed by atoms with Crippen LogP contribution in [-0.2, 0) is 6.42 Å². The van der Waals surface area contributed by atoms with Crippen molar-refractivity contribution in [2.24, 2.45) is 0 Å². The van der Waals surface area contributed by atoms with Gasteiger partial charge in [-0.2, -0.15) is 0 Å². The molecule has 1 heterocycles. The SMILES string of the molecule is CCc1cc2c(OC)cccc2o1. The number of fused-ring (bicyclic) bond motifs is 1. The first kappa shape index (κ1) is 8.17. The lowest BCUT2D eigenvalue weighted by molar-refractivity contribution is 0.419. The van der Waals surface area contributed by atoms with Gasteiger partial charge in [0.15, 0.2) is 0 Å². The Kier molecular flexibility index (Phi) is 1.97. The molecule has 0 amide bonds. The fourth-order valence-electron chi connectivity index (χ4n) is 1.44. The van der Waals surface area contributed by atoms with Gasteiger partial charge in [-0.15, -0.1) is 0 Å². The topological polar surface area (TPSA) is 22.4 Å². The molecule has 0 saturated carbocycles. The molecule has 0 aliphatic carbocycles. The molecule has 0 atom stereocenters. The van der Waals surface area contributed by atoms with Gasteiger partial charge in [-0.05, 0) is 18.2 Å². The molecule has 1 aromatic carbocycles. The lowest BCUT2D eigenvalue weighted by atomic mass is 10.2. The van der Waals surface area contributed by atoms with Gasteiger partial charge in [-0.1, -0.05) is 13.0 Å². The van der Waals surface area contributed by atoms with Gasteiger partial charge in [0.05, 0.1) is 12.5 Å². The minimum atomic E-state index is 0.876. The summed E-state index contributed by atoms with van der Waals surface area (Å²) in [6.07, 6.45) is 0.915. The van der Waals surface area contributed by atoms with E-state index in [0.29, 0.717) is 0 Å². The number of hydrogen-bond acceptors (Lipinski definition) is 2. The van der Waals surface area contributed by atoms with Crippen molar-refractivity contribution in [2.45, 2.75) is 13.3 Å². The lowest BCUT2D eigenvalue weighted by Crippen LogP contribution is -1.81. The van der Waals surface area contributed by atoms with Crippen molar-refractivity contribution in [1.29, 1.82) is 0 Å². The van der Waals surface area contributed by atoms with E-state index in [4.69, 9.17) is 9.15 Å². The Morgan fingerprint density at radius 3 is 2.92 bits per heavy atom. The zero-order chi connectivity index (χ0) is 9.26. The normalized spacial score (nSPS) is 10.6. The molecular formula is C11H12O2. The van der Waals surface area contributed by atoms with Gasteiger partial charge in [0.1, 0.15) is 17.1 Å². The second-order valence-electron chi connectivity index (χ2n) is 2.94. The predicted octanol–water partition coefficient (Wildman–Crippen LogP) is 3.00. The van der Waals surface area contributed by atoms with Gasteiger partial charge in [0.2, 0.25) is 0 Å². The number of benzene rings is 1. The Bertz CT molecular complexity index is 415. The number of rotatable bonds is 2. The number of hydrogen-bond donors (Lipinski definition) is 0. The largest absolute Gasteiger partial charge is 0.496 e. The maximum absolute atomic E-state index is 5.58. The van der Waals surface area contributed by atoms with Gasteiger partial charge in [0.25, 0.3) is 0 Å². The second kappa shape index (κ2) is 3.13. The molecule has 0 unspecified atom stereocenters. The van der Waals surface area contributed by atoms with Crippen molar-refractivity contribution < 1.29 is 9.15 Å². The fraction of sp³-hybridized carbons (Fsp3) is 0.273. The average molecular weight is 176 g/mol. The van der Waals surface area contributed by atoms with E-state index in [1.54, 1.807) is 7.11 Å². The molecule has 2 rings (SSSR count). The van der Waals surface area contributed by atoms with Crippen LogP contribution in [0.3, 0.4) is 0 Å². The van der Waals surface area contributed by atoms with Crippen molar-refractivity contribution in [3.05, 3.63) is 30.0 Å². The quantitative estimate of drug-likeness (QED) is 0.701. The summed E-state index contributed by atoms with van der Waals surface area (Å²) >= 11 is 0. The molecule has 2 aromatic rings. The van der Waals surface area contributed by atoms with Gasteiger partial charge in [0, 0.05) is 6.42 Å². The van der Waals surface area contributed by atoms with Crippen LogP contribution in [0, 0.1) is 0 Å². The van der Waals surface area contributed by atoms with E-state index < -0.39 is 0 Å². The standard InChI is InChI=1S/C11H12O2/c1-3-8-7-9-10(12-2)5-4-6-11(9)13-8/h4-7H,3H2,1-2H3. The third-order valence-electron chi connectivity index (χ3n) is 2.14. The maximum atomic E-state index is 5.58. The Morgan fingerprint density at radius 2 is 2.23 bits per heavy atom. The highest BCUT2D eigenvalue weighted by molar-refractivity contribution is 5.84. The monoisotopic (exact) mass is 176 g/mol. The summed E-state index contributed by atoms with van der Waals surface area (Å²) < 4.78 is 10.8. The first-order valence-corrected chi connectivity index (χ1v) is 4.40. The van der Waals surface area contributed by atoms with Gasteiger partial charge in [-0.25, -0.2) is 0 Å². The third kappa shape index (κ3) is 1.28. The molecule has 0 aliphatic rings. The molecule has 0 saturated heterocycles. The van der Waals surface area contributed by atoms with Gasteiger partial charge in [-0.3, -0.25) is 0 Å². The van der Waals surface area contributed by atoms with Crippen molar-refractivity contribution in [2.75, 3.05) is 7.11 Å². The number of methoxy groups -OCH3 is 1.